The van der Waals surface area contributed by atoms with Crippen molar-refractivity contribution in [1.82, 2.24) is 5.32 Å². The van der Waals surface area contributed by atoms with E-state index in [4.69, 9.17) is 18.9 Å². The van der Waals surface area contributed by atoms with E-state index < -0.39 is 0 Å². The smallest absolute Gasteiger partial charge is 0.203 e. The summed E-state index contributed by atoms with van der Waals surface area (Å²) in [5.41, 5.74) is 0. The molecule has 0 amide bonds. The average molecular weight is 295 g/mol. The summed E-state index contributed by atoms with van der Waals surface area (Å²) in [7, 11) is 4.78. The Bertz CT molecular complexity index is 435. The molecular formula is C16H25NO4. The van der Waals surface area contributed by atoms with Crippen LogP contribution in [0.5, 0.6) is 23.0 Å². The van der Waals surface area contributed by atoms with Gasteiger partial charge in [-0.2, -0.15) is 0 Å². The van der Waals surface area contributed by atoms with Crippen molar-refractivity contribution < 1.29 is 18.9 Å². The minimum absolute atomic E-state index is 0.577. The molecule has 0 saturated heterocycles. The summed E-state index contributed by atoms with van der Waals surface area (Å²) < 4.78 is 21.7. The number of hydrogen-bond donors (Lipinski definition) is 1. The standard InChI is InChI=1S/C16H25NO4/c1-11(12-5-6-12)17-7-8-21-13-9-14(18-2)16(20-4)15(10-13)19-3/h9-12,17H,5-8H2,1-4H3. The molecule has 1 unspecified atom stereocenters. The van der Waals surface area contributed by atoms with Crippen LogP contribution in [0.4, 0.5) is 0 Å². The van der Waals surface area contributed by atoms with Gasteiger partial charge in [-0.3, -0.25) is 0 Å². The van der Waals surface area contributed by atoms with Crippen LogP contribution >= 0.6 is 0 Å². The van der Waals surface area contributed by atoms with Gasteiger partial charge in [0.05, 0.1) is 21.3 Å². The van der Waals surface area contributed by atoms with Crippen LogP contribution in [0.1, 0.15) is 19.8 Å². The maximum atomic E-state index is 5.76. The van der Waals surface area contributed by atoms with Gasteiger partial charge in [0.2, 0.25) is 5.75 Å². The Morgan fingerprint density at radius 2 is 1.71 bits per heavy atom. The van der Waals surface area contributed by atoms with Crippen LogP contribution < -0.4 is 24.3 Å². The fraction of sp³-hybridized carbons (Fsp3) is 0.625. The van der Waals surface area contributed by atoms with E-state index in [1.165, 1.54) is 12.8 Å². The molecule has 21 heavy (non-hydrogen) atoms. The molecule has 0 heterocycles. The van der Waals surface area contributed by atoms with Crippen molar-refractivity contribution in [3.63, 3.8) is 0 Å². The molecule has 1 aromatic carbocycles. The first-order chi connectivity index (χ1) is 10.2. The highest BCUT2D eigenvalue weighted by Gasteiger charge is 2.27. The molecule has 0 radical (unpaired) electrons. The van der Waals surface area contributed by atoms with E-state index in [2.05, 4.69) is 12.2 Å². The van der Waals surface area contributed by atoms with Crippen LogP contribution in [0.15, 0.2) is 12.1 Å². The fourth-order valence-electron chi connectivity index (χ4n) is 2.36. The lowest BCUT2D eigenvalue weighted by atomic mass is 10.2. The molecule has 1 fully saturated rings. The SMILES string of the molecule is COc1cc(OCCNC(C)C2CC2)cc(OC)c1OC. The second-order valence-corrected chi connectivity index (χ2v) is 5.29. The third-order valence-electron chi connectivity index (χ3n) is 3.80. The lowest BCUT2D eigenvalue weighted by Gasteiger charge is -2.16. The predicted octanol–water partition coefficient (Wildman–Crippen LogP) is 2.48. The summed E-state index contributed by atoms with van der Waals surface area (Å²) in [6.45, 7) is 3.67. The molecule has 0 aromatic heterocycles. The number of rotatable bonds is 9. The van der Waals surface area contributed by atoms with Gasteiger partial charge in [0, 0.05) is 24.7 Å². The largest absolute Gasteiger partial charge is 0.493 e. The zero-order chi connectivity index (χ0) is 15.2. The molecule has 0 spiro atoms. The molecule has 1 aromatic rings. The molecular weight excluding hydrogens is 270 g/mol. The molecule has 118 valence electrons. The van der Waals surface area contributed by atoms with E-state index in [9.17, 15) is 0 Å². The molecule has 0 aliphatic heterocycles. The minimum Gasteiger partial charge on any atom is -0.493 e. The lowest BCUT2D eigenvalue weighted by Crippen LogP contribution is -2.31. The molecule has 0 bridgehead atoms. The van der Waals surface area contributed by atoms with E-state index in [0.29, 0.717) is 35.6 Å². The molecule has 1 N–H and O–H groups in total. The molecule has 1 atom stereocenters. The third kappa shape index (κ3) is 4.17. The first-order valence-corrected chi connectivity index (χ1v) is 7.35. The van der Waals surface area contributed by atoms with Gasteiger partial charge in [-0.1, -0.05) is 0 Å². The van der Waals surface area contributed by atoms with Crippen LogP contribution in [0.25, 0.3) is 0 Å². The molecule has 5 nitrogen and oxygen atoms in total. The Kier molecular flexibility index (Phi) is 5.56. The van der Waals surface area contributed by atoms with Gasteiger partial charge in [0.1, 0.15) is 12.4 Å². The Balaban J connectivity index is 1.89. The zero-order valence-electron chi connectivity index (χ0n) is 13.3. The maximum Gasteiger partial charge on any atom is 0.203 e. The molecule has 1 aliphatic carbocycles. The van der Waals surface area contributed by atoms with Crippen molar-refractivity contribution in [2.24, 2.45) is 5.92 Å². The second-order valence-electron chi connectivity index (χ2n) is 5.29. The Hall–Kier alpha value is -1.62. The van der Waals surface area contributed by atoms with E-state index in [-0.39, 0.29) is 0 Å². The van der Waals surface area contributed by atoms with Crippen LogP contribution in [-0.4, -0.2) is 40.5 Å². The van der Waals surface area contributed by atoms with Gasteiger partial charge in [0.15, 0.2) is 11.5 Å². The quantitative estimate of drug-likeness (QED) is 0.709. The minimum atomic E-state index is 0.577. The van der Waals surface area contributed by atoms with Crippen molar-refractivity contribution in [3.05, 3.63) is 12.1 Å². The van der Waals surface area contributed by atoms with Crippen molar-refractivity contribution in [2.45, 2.75) is 25.8 Å². The van der Waals surface area contributed by atoms with Gasteiger partial charge >= 0.3 is 0 Å². The van der Waals surface area contributed by atoms with Gasteiger partial charge in [-0.25, -0.2) is 0 Å². The lowest BCUT2D eigenvalue weighted by molar-refractivity contribution is 0.291. The van der Waals surface area contributed by atoms with Crippen LogP contribution in [-0.2, 0) is 0 Å². The average Bonchev–Trinajstić information content (AvgIpc) is 3.34. The highest BCUT2D eigenvalue weighted by molar-refractivity contribution is 5.55. The van der Waals surface area contributed by atoms with Crippen LogP contribution in [0, 0.1) is 5.92 Å². The van der Waals surface area contributed by atoms with Crippen LogP contribution in [0.2, 0.25) is 0 Å². The highest BCUT2D eigenvalue weighted by atomic mass is 16.5. The van der Waals surface area contributed by atoms with Gasteiger partial charge in [-0.05, 0) is 25.7 Å². The zero-order valence-corrected chi connectivity index (χ0v) is 13.3. The Labute approximate surface area is 126 Å². The first kappa shape index (κ1) is 15.8. The highest BCUT2D eigenvalue weighted by Crippen LogP contribution is 2.40. The number of ether oxygens (including phenoxy) is 4. The Morgan fingerprint density at radius 3 is 2.19 bits per heavy atom. The summed E-state index contributed by atoms with van der Waals surface area (Å²) >= 11 is 0. The molecule has 1 aliphatic rings. The van der Waals surface area contributed by atoms with E-state index in [1.807, 2.05) is 12.1 Å². The number of hydrogen-bond acceptors (Lipinski definition) is 5. The number of methoxy groups -OCH3 is 3. The number of nitrogens with one attached hydrogen (secondary N) is 1. The number of benzene rings is 1. The Morgan fingerprint density at radius 1 is 1.10 bits per heavy atom. The third-order valence-corrected chi connectivity index (χ3v) is 3.80. The summed E-state index contributed by atoms with van der Waals surface area (Å²) in [5, 5.41) is 3.48. The maximum absolute atomic E-state index is 5.76. The van der Waals surface area contributed by atoms with Gasteiger partial charge in [0.25, 0.3) is 0 Å². The van der Waals surface area contributed by atoms with Crippen molar-refractivity contribution in [1.29, 1.82) is 0 Å². The summed E-state index contributed by atoms with van der Waals surface area (Å²) in [4.78, 5) is 0. The fourth-order valence-corrected chi connectivity index (χ4v) is 2.36. The normalized spacial score (nSPS) is 15.4. The monoisotopic (exact) mass is 295 g/mol. The van der Waals surface area contributed by atoms with Crippen molar-refractivity contribution in [3.8, 4) is 23.0 Å². The molecule has 1 saturated carbocycles. The predicted molar refractivity (Wildman–Crippen MR) is 81.8 cm³/mol. The van der Waals surface area contributed by atoms with Crippen LogP contribution in [0.3, 0.4) is 0 Å². The van der Waals surface area contributed by atoms with Crippen molar-refractivity contribution in [2.75, 3.05) is 34.5 Å². The van der Waals surface area contributed by atoms with Gasteiger partial charge in [-0.15, -0.1) is 0 Å². The second kappa shape index (κ2) is 7.41. The first-order valence-electron chi connectivity index (χ1n) is 7.35. The molecule has 5 heteroatoms. The van der Waals surface area contributed by atoms with E-state index in [0.717, 1.165) is 12.5 Å². The summed E-state index contributed by atoms with van der Waals surface area (Å²) in [6, 6.07) is 4.20. The summed E-state index contributed by atoms with van der Waals surface area (Å²) in [6.07, 6.45) is 2.70. The van der Waals surface area contributed by atoms with E-state index >= 15 is 0 Å². The van der Waals surface area contributed by atoms with Gasteiger partial charge < -0.3 is 24.3 Å². The molecule has 2 rings (SSSR count). The van der Waals surface area contributed by atoms with Crippen molar-refractivity contribution >= 4 is 0 Å². The summed E-state index contributed by atoms with van der Waals surface area (Å²) in [5.74, 6) is 3.35. The topological polar surface area (TPSA) is 49.0 Å². The van der Waals surface area contributed by atoms with E-state index in [1.54, 1.807) is 21.3 Å².